The minimum absolute atomic E-state index is 0.205. The first-order valence-electron chi connectivity index (χ1n) is 6.92. The lowest BCUT2D eigenvalue weighted by atomic mass is 10.1. The SMILES string of the molecule is Cc1ccc(NC(=O)c2cc3c(=O)[nH]c(C)cn3n2)c(C)c1. The fourth-order valence-electron chi connectivity index (χ4n) is 2.37. The Morgan fingerprint density at radius 3 is 2.73 bits per heavy atom. The molecule has 6 nitrogen and oxygen atoms in total. The molecule has 0 unspecified atom stereocenters. The van der Waals surface area contributed by atoms with Crippen LogP contribution in [0.15, 0.2) is 35.3 Å². The number of aromatic nitrogens is 3. The van der Waals surface area contributed by atoms with Crippen molar-refractivity contribution in [3.05, 3.63) is 63.3 Å². The first-order chi connectivity index (χ1) is 10.4. The van der Waals surface area contributed by atoms with Crippen molar-refractivity contribution < 1.29 is 4.79 Å². The number of benzene rings is 1. The minimum Gasteiger partial charge on any atom is -0.323 e. The van der Waals surface area contributed by atoms with Crippen LogP contribution in [-0.4, -0.2) is 20.5 Å². The van der Waals surface area contributed by atoms with Crippen molar-refractivity contribution in [3.8, 4) is 0 Å². The number of anilines is 1. The molecule has 22 heavy (non-hydrogen) atoms. The Morgan fingerprint density at radius 2 is 2.00 bits per heavy atom. The van der Waals surface area contributed by atoms with Gasteiger partial charge in [-0.1, -0.05) is 17.7 Å². The van der Waals surface area contributed by atoms with E-state index in [2.05, 4.69) is 15.4 Å². The van der Waals surface area contributed by atoms with Gasteiger partial charge in [-0.05, 0) is 32.4 Å². The molecule has 0 atom stereocenters. The van der Waals surface area contributed by atoms with E-state index in [4.69, 9.17) is 0 Å². The second kappa shape index (κ2) is 5.14. The van der Waals surface area contributed by atoms with Crippen LogP contribution in [0.4, 0.5) is 5.69 Å². The molecule has 2 aromatic heterocycles. The average Bonchev–Trinajstić information content (AvgIpc) is 2.86. The molecule has 1 aromatic carbocycles. The number of H-pyrrole nitrogens is 1. The molecule has 112 valence electrons. The fourth-order valence-corrected chi connectivity index (χ4v) is 2.37. The average molecular weight is 296 g/mol. The van der Waals surface area contributed by atoms with E-state index in [0.29, 0.717) is 11.2 Å². The molecule has 0 spiro atoms. The molecule has 0 saturated carbocycles. The van der Waals surface area contributed by atoms with Crippen molar-refractivity contribution in [2.75, 3.05) is 5.32 Å². The lowest BCUT2D eigenvalue weighted by Gasteiger charge is -2.07. The molecule has 0 aliphatic heterocycles. The molecule has 0 saturated heterocycles. The van der Waals surface area contributed by atoms with Crippen molar-refractivity contribution in [1.82, 2.24) is 14.6 Å². The highest BCUT2D eigenvalue weighted by molar-refractivity contribution is 6.04. The van der Waals surface area contributed by atoms with E-state index in [1.54, 1.807) is 13.1 Å². The van der Waals surface area contributed by atoms with Crippen molar-refractivity contribution in [2.24, 2.45) is 0 Å². The van der Waals surface area contributed by atoms with Gasteiger partial charge in [0.2, 0.25) is 0 Å². The third-order valence-electron chi connectivity index (χ3n) is 3.46. The number of amides is 1. The van der Waals surface area contributed by atoms with Gasteiger partial charge in [0.1, 0.15) is 5.52 Å². The highest BCUT2D eigenvalue weighted by atomic mass is 16.2. The number of nitrogens with one attached hydrogen (secondary N) is 2. The normalized spacial score (nSPS) is 10.9. The van der Waals surface area contributed by atoms with Crippen LogP contribution in [0.25, 0.3) is 5.52 Å². The summed E-state index contributed by atoms with van der Waals surface area (Å²) in [5.41, 5.74) is 3.81. The van der Waals surface area contributed by atoms with Crippen LogP contribution in [-0.2, 0) is 0 Å². The maximum absolute atomic E-state index is 12.3. The van der Waals surface area contributed by atoms with E-state index in [1.165, 1.54) is 10.6 Å². The summed E-state index contributed by atoms with van der Waals surface area (Å²) in [6, 6.07) is 7.26. The van der Waals surface area contributed by atoms with Crippen LogP contribution in [0.2, 0.25) is 0 Å². The molecule has 3 aromatic rings. The zero-order valence-electron chi connectivity index (χ0n) is 12.6. The van der Waals surface area contributed by atoms with E-state index in [-0.39, 0.29) is 17.2 Å². The number of aromatic amines is 1. The molecular formula is C16H16N4O2. The van der Waals surface area contributed by atoms with Gasteiger partial charge in [-0.2, -0.15) is 5.10 Å². The van der Waals surface area contributed by atoms with E-state index in [1.807, 2.05) is 32.0 Å². The zero-order chi connectivity index (χ0) is 15.9. The van der Waals surface area contributed by atoms with Crippen molar-refractivity contribution in [3.63, 3.8) is 0 Å². The van der Waals surface area contributed by atoms with E-state index in [0.717, 1.165) is 16.8 Å². The van der Waals surface area contributed by atoms with Gasteiger partial charge >= 0.3 is 0 Å². The van der Waals surface area contributed by atoms with Gasteiger partial charge in [0.15, 0.2) is 5.69 Å². The number of nitrogens with zero attached hydrogens (tertiary/aromatic N) is 2. The van der Waals surface area contributed by atoms with Crippen LogP contribution in [0.5, 0.6) is 0 Å². The molecule has 0 fully saturated rings. The predicted octanol–water partition coefficient (Wildman–Crippen LogP) is 2.20. The van der Waals surface area contributed by atoms with Gasteiger partial charge in [-0.25, -0.2) is 4.52 Å². The van der Waals surface area contributed by atoms with Crippen LogP contribution < -0.4 is 10.9 Å². The molecule has 6 heteroatoms. The quantitative estimate of drug-likeness (QED) is 0.761. The van der Waals surface area contributed by atoms with Gasteiger partial charge in [0.05, 0.1) is 0 Å². The van der Waals surface area contributed by atoms with Crippen molar-refractivity contribution in [2.45, 2.75) is 20.8 Å². The molecule has 0 aliphatic rings. The minimum atomic E-state index is -0.340. The standard InChI is InChI=1S/C16H16N4O2/c1-9-4-5-12(10(2)6-9)18-15(21)13-7-14-16(22)17-11(3)8-20(14)19-13/h4-8H,1-3H3,(H,17,22)(H,18,21). The molecule has 3 rings (SSSR count). The van der Waals surface area contributed by atoms with Crippen LogP contribution >= 0.6 is 0 Å². The Morgan fingerprint density at radius 1 is 1.23 bits per heavy atom. The molecule has 0 bridgehead atoms. The van der Waals surface area contributed by atoms with Gasteiger partial charge in [0.25, 0.3) is 11.5 Å². The lowest BCUT2D eigenvalue weighted by Crippen LogP contribution is -2.13. The zero-order valence-corrected chi connectivity index (χ0v) is 12.6. The van der Waals surface area contributed by atoms with Gasteiger partial charge in [0, 0.05) is 23.6 Å². The summed E-state index contributed by atoms with van der Waals surface area (Å²) in [4.78, 5) is 26.8. The number of rotatable bonds is 2. The molecule has 1 amide bonds. The highest BCUT2D eigenvalue weighted by Crippen LogP contribution is 2.17. The number of carbonyl (C=O) groups is 1. The summed E-state index contributed by atoms with van der Waals surface area (Å²) in [5.74, 6) is -0.340. The summed E-state index contributed by atoms with van der Waals surface area (Å²) < 4.78 is 1.42. The topological polar surface area (TPSA) is 79.3 Å². The van der Waals surface area contributed by atoms with E-state index >= 15 is 0 Å². The largest absolute Gasteiger partial charge is 0.323 e. The summed E-state index contributed by atoms with van der Waals surface area (Å²) in [6.07, 6.45) is 1.67. The van der Waals surface area contributed by atoms with Crippen LogP contribution in [0, 0.1) is 20.8 Å². The van der Waals surface area contributed by atoms with Gasteiger partial charge in [-0.15, -0.1) is 0 Å². The smallest absolute Gasteiger partial charge is 0.276 e. The number of carbonyl (C=O) groups excluding carboxylic acids is 1. The molecule has 2 N–H and O–H groups in total. The number of hydrogen-bond donors (Lipinski definition) is 2. The Kier molecular flexibility index (Phi) is 3.29. The van der Waals surface area contributed by atoms with Crippen molar-refractivity contribution in [1.29, 1.82) is 0 Å². The third kappa shape index (κ3) is 2.50. The van der Waals surface area contributed by atoms with Gasteiger partial charge in [-0.3, -0.25) is 9.59 Å². The van der Waals surface area contributed by atoms with E-state index < -0.39 is 0 Å². The fraction of sp³-hybridized carbons (Fsp3) is 0.188. The summed E-state index contributed by atoms with van der Waals surface area (Å²) in [6.45, 7) is 5.69. The summed E-state index contributed by atoms with van der Waals surface area (Å²) in [7, 11) is 0. The Bertz CT molecular complexity index is 937. The number of hydrogen-bond acceptors (Lipinski definition) is 3. The lowest BCUT2D eigenvalue weighted by molar-refractivity contribution is 0.102. The molecular weight excluding hydrogens is 280 g/mol. The Balaban J connectivity index is 1.95. The summed E-state index contributed by atoms with van der Waals surface area (Å²) in [5, 5.41) is 6.98. The Hall–Kier alpha value is -2.89. The first-order valence-corrected chi connectivity index (χ1v) is 6.92. The Labute approximate surface area is 126 Å². The first kappa shape index (κ1) is 14.1. The molecule has 2 heterocycles. The number of aryl methyl sites for hydroxylation is 3. The second-order valence-corrected chi connectivity index (χ2v) is 5.40. The third-order valence-corrected chi connectivity index (χ3v) is 3.46. The van der Waals surface area contributed by atoms with Crippen molar-refractivity contribution >= 4 is 17.1 Å². The maximum Gasteiger partial charge on any atom is 0.276 e. The molecule has 0 radical (unpaired) electrons. The second-order valence-electron chi connectivity index (χ2n) is 5.40. The van der Waals surface area contributed by atoms with Crippen LogP contribution in [0.1, 0.15) is 27.3 Å². The van der Waals surface area contributed by atoms with E-state index in [9.17, 15) is 9.59 Å². The number of fused-ring (bicyclic) bond motifs is 1. The predicted molar refractivity (Wildman–Crippen MR) is 84.4 cm³/mol. The van der Waals surface area contributed by atoms with Crippen LogP contribution in [0.3, 0.4) is 0 Å². The maximum atomic E-state index is 12.3. The highest BCUT2D eigenvalue weighted by Gasteiger charge is 2.14. The monoisotopic (exact) mass is 296 g/mol. The summed E-state index contributed by atoms with van der Waals surface area (Å²) >= 11 is 0. The van der Waals surface area contributed by atoms with Gasteiger partial charge < -0.3 is 10.3 Å². The molecule has 0 aliphatic carbocycles.